The fourth-order valence-electron chi connectivity index (χ4n) is 4.19. The summed E-state index contributed by atoms with van der Waals surface area (Å²) in [6, 6.07) is 7.40. The van der Waals surface area contributed by atoms with Crippen molar-refractivity contribution in [3.05, 3.63) is 29.8 Å². The first-order valence-electron chi connectivity index (χ1n) is 10.1. The van der Waals surface area contributed by atoms with Crippen molar-refractivity contribution in [2.24, 2.45) is 0 Å². The molecule has 4 rings (SSSR count). The molecule has 3 fully saturated rings. The summed E-state index contributed by atoms with van der Waals surface area (Å²) in [6.07, 6.45) is 3.01. The van der Waals surface area contributed by atoms with Crippen molar-refractivity contribution in [3.63, 3.8) is 0 Å². The molecule has 0 unspecified atom stereocenters. The molecule has 28 heavy (non-hydrogen) atoms. The molecule has 0 N–H and O–H groups in total. The minimum absolute atomic E-state index is 0.0179. The predicted molar refractivity (Wildman–Crippen MR) is 105 cm³/mol. The van der Waals surface area contributed by atoms with Crippen molar-refractivity contribution in [1.29, 1.82) is 0 Å². The van der Waals surface area contributed by atoms with Gasteiger partial charge in [-0.1, -0.05) is 0 Å². The summed E-state index contributed by atoms with van der Waals surface area (Å²) in [5.41, 5.74) is 0.654. The minimum Gasteiger partial charge on any atom is -0.491 e. The molecule has 1 amide bonds. The fraction of sp³-hybridized carbons (Fsp3) is 0.650. The van der Waals surface area contributed by atoms with E-state index in [4.69, 9.17) is 9.47 Å². The van der Waals surface area contributed by atoms with Crippen LogP contribution in [0.3, 0.4) is 0 Å². The van der Waals surface area contributed by atoms with Gasteiger partial charge in [0.1, 0.15) is 12.4 Å². The molecule has 7 nitrogen and oxygen atoms in total. The first-order valence-corrected chi connectivity index (χ1v) is 11.9. The lowest BCUT2D eigenvalue weighted by Crippen LogP contribution is -2.52. The van der Waals surface area contributed by atoms with E-state index in [2.05, 4.69) is 4.90 Å². The largest absolute Gasteiger partial charge is 0.491 e. The lowest BCUT2D eigenvalue weighted by atomic mass is 10.1. The molecule has 8 heteroatoms. The fourth-order valence-corrected chi connectivity index (χ4v) is 5.96. The number of benzene rings is 1. The van der Waals surface area contributed by atoms with Gasteiger partial charge in [0.05, 0.1) is 17.6 Å². The summed E-state index contributed by atoms with van der Waals surface area (Å²) in [5, 5.41) is 0. The van der Waals surface area contributed by atoms with Crippen molar-refractivity contribution in [3.8, 4) is 5.75 Å². The van der Waals surface area contributed by atoms with Crippen LogP contribution in [0.5, 0.6) is 5.75 Å². The normalized spacial score (nSPS) is 27.8. The van der Waals surface area contributed by atoms with E-state index in [9.17, 15) is 13.2 Å². The van der Waals surface area contributed by atoms with Crippen molar-refractivity contribution < 1.29 is 22.7 Å². The molecule has 0 radical (unpaired) electrons. The number of amides is 1. The highest BCUT2D eigenvalue weighted by atomic mass is 32.2. The van der Waals surface area contributed by atoms with Crippen LogP contribution in [0.1, 0.15) is 29.6 Å². The first kappa shape index (κ1) is 19.7. The van der Waals surface area contributed by atoms with Gasteiger partial charge >= 0.3 is 0 Å². The summed E-state index contributed by atoms with van der Waals surface area (Å²) in [5.74, 6) is 1.32. The molecule has 1 aromatic rings. The second-order valence-corrected chi connectivity index (χ2v) is 10.1. The van der Waals surface area contributed by atoms with Crippen LogP contribution >= 0.6 is 0 Å². The molecule has 2 atom stereocenters. The van der Waals surface area contributed by atoms with Gasteiger partial charge in [0.25, 0.3) is 5.91 Å². The van der Waals surface area contributed by atoms with E-state index in [0.29, 0.717) is 31.7 Å². The molecular weight excluding hydrogens is 380 g/mol. The maximum atomic E-state index is 12.8. The van der Waals surface area contributed by atoms with Crippen LogP contribution in [0.15, 0.2) is 24.3 Å². The molecule has 154 valence electrons. The monoisotopic (exact) mass is 408 g/mol. The Hall–Kier alpha value is -1.64. The van der Waals surface area contributed by atoms with Gasteiger partial charge < -0.3 is 14.4 Å². The number of ether oxygens (including phenoxy) is 2. The maximum Gasteiger partial charge on any atom is 0.253 e. The molecule has 0 aromatic heterocycles. The number of hydrogen-bond acceptors (Lipinski definition) is 6. The van der Waals surface area contributed by atoms with Crippen LogP contribution < -0.4 is 4.74 Å². The molecule has 3 heterocycles. The lowest BCUT2D eigenvalue weighted by Gasteiger charge is -2.37. The topological polar surface area (TPSA) is 76.2 Å². The summed E-state index contributed by atoms with van der Waals surface area (Å²) >= 11 is 0. The van der Waals surface area contributed by atoms with Crippen molar-refractivity contribution in [2.45, 2.75) is 31.4 Å². The number of rotatable bonds is 5. The summed E-state index contributed by atoms with van der Waals surface area (Å²) < 4.78 is 34.7. The molecule has 0 saturated carbocycles. The lowest BCUT2D eigenvalue weighted by molar-refractivity contribution is 0.0587. The van der Waals surface area contributed by atoms with Crippen molar-refractivity contribution >= 4 is 15.7 Å². The van der Waals surface area contributed by atoms with Gasteiger partial charge in [0.15, 0.2) is 9.84 Å². The standard InChI is InChI=1S/C20H28N2O5S/c23-20(16-3-5-18(6-4-16)27-14-19-2-1-12-26-19)22-10-8-21(9-11-22)17-7-13-28(24,25)15-17/h3-6,17,19H,1-2,7-15H2/t17-,19+/m0/s1. The molecule has 0 aliphatic carbocycles. The van der Waals surface area contributed by atoms with Gasteiger partial charge in [-0.05, 0) is 43.5 Å². The third-order valence-corrected chi connectivity index (χ3v) is 7.64. The van der Waals surface area contributed by atoms with E-state index in [1.807, 2.05) is 29.2 Å². The van der Waals surface area contributed by atoms with E-state index < -0.39 is 9.84 Å². The second-order valence-electron chi connectivity index (χ2n) is 7.86. The number of hydrogen-bond donors (Lipinski definition) is 0. The van der Waals surface area contributed by atoms with E-state index in [-0.39, 0.29) is 29.6 Å². The third kappa shape index (κ3) is 4.67. The Morgan fingerprint density at radius 1 is 1.11 bits per heavy atom. The maximum absolute atomic E-state index is 12.8. The first-order chi connectivity index (χ1) is 13.5. The summed E-state index contributed by atoms with van der Waals surface area (Å²) in [7, 11) is -2.87. The third-order valence-electron chi connectivity index (χ3n) is 5.89. The number of carbonyl (C=O) groups is 1. The average molecular weight is 409 g/mol. The average Bonchev–Trinajstić information content (AvgIpc) is 3.36. The highest BCUT2D eigenvalue weighted by Crippen LogP contribution is 2.21. The summed E-state index contributed by atoms with van der Waals surface area (Å²) in [6.45, 7) is 4.08. The smallest absolute Gasteiger partial charge is 0.253 e. The minimum atomic E-state index is -2.87. The SMILES string of the molecule is O=C(c1ccc(OC[C@H]2CCCO2)cc1)N1CCN([C@H]2CCS(=O)(=O)C2)CC1. The van der Waals surface area contributed by atoms with Gasteiger partial charge in [-0.2, -0.15) is 0 Å². The second kappa shape index (κ2) is 8.39. The zero-order valence-corrected chi connectivity index (χ0v) is 16.9. The predicted octanol–water partition coefficient (Wildman–Crippen LogP) is 1.19. The van der Waals surface area contributed by atoms with Crippen molar-refractivity contribution in [1.82, 2.24) is 9.80 Å². The number of nitrogens with zero attached hydrogens (tertiary/aromatic N) is 2. The van der Waals surface area contributed by atoms with E-state index >= 15 is 0 Å². The molecule has 0 spiro atoms. The Morgan fingerprint density at radius 3 is 2.46 bits per heavy atom. The number of piperazine rings is 1. The van der Waals surface area contributed by atoms with Crippen LogP contribution in [0.25, 0.3) is 0 Å². The van der Waals surface area contributed by atoms with Crippen LogP contribution in [-0.4, -0.2) is 87.2 Å². The zero-order valence-electron chi connectivity index (χ0n) is 16.1. The quantitative estimate of drug-likeness (QED) is 0.729. The highest BCUT2D eigenvalue weighted by molar-refractivity contribution is 7.91. The Balaban J connectivity index is 1.26. The summed E-state index contributed by atoms with van der Waals surface area (Å²) in [4.78, 5) is 16.8. The molecule has 3 aliphatic heterocycles. The van der Waals surface area contributed by atoms with Gasteiger partial charge in [-0.25, -0.2) is 8.42 Å². The molecule has 0 bridgehead atoms. The van der Waals surface area contributed by atoms with Crippen LogP contribution in [0.4, 0.5) is 0 Å². The Morgan fingerprint density at radius 2 is 1.86 bits per heavy atom. The van der Waals surface area contributed by atoms with Crippen molar-refractivity contribution in [2.75, 3.05) is 50.9 Å². The number of carbonyl (C=O) groups excluding carboxylic acids is 1. The van der Waals surface area contributed by atoms with Crippen LogP contribution in [0, 0.1) is 0 Å². The van der Waals surface area contributed by atoms with Gasteiger partial charge in [-0.15, -0.1) is 0 Å². The Bertz CT molecular complexity index is 781. The van der Waals surface area contributed by atoms with E-state index in [0.717, 1.165) is 38.3 Å². The van der Waals surface area contributed by atoms with Gasteiger partial charge in [0.2, 0.25) is 0 Å². The Labute approximate surface area is 166 Å². The van der Waals surface area contributed by atoms with Crippen LogP contribution in [0.2, 0.25) is 0 Å². The highest BCUT2D eigenvalue weighted by Gasteiger charge is 2.34. The molecule has 1 aromatic carbocycles. The zero-order chi connectivity index (χ0) is 19.6. The van der Waals surface area contributed by atoms with Gasteiger partial charge in [0, 0.05) is 44.4 Å². The van der Waals surface area contributed by atoms with E-state index in [1.165, 1.54) is 0 Å². The Kier molecular flexibility index (Phi) is 5.89. The van der Waals surface area contributed by atoms with E-state index in [1.54, 1.807) is 0 Å². The number of sulfone groups is 1. The molecular formula is C20H28N2O5S. The van der Waals surface area contributed by atoms with Gasteiger partial charge in [-0.3, -0.25) is 9.69 Å². The molecule has 3 aliphatic rings. The molecule has 3 saturated heterocycles. The van der Waals surface area contributed by atoms with Crippen LogP contribution in [-0.2, 0) is 14.6 Å².